The molecule has 1 aromatic heterocycles. The fraction of sp³-hybridized carbons (Fsp3) is 0.571. The van der Waals surface area contributed by atoms with Crippen LogP contribution in [0.15, 0.2) is 14.3 Å². The van der Waals surface area contributed by atoms with Crippen molar-refractivity contribution < 1.29 is 14.3 Å². The number of hydrogen-bond donors (Lipinski definition) is 1. The van der Waals surface area contributed by atoms with Gasteiger partial charge in [0.2, 0.25) is 0 Å². The second-order valence-electron chi connectivity index (χ2n) is 5.01. The van der Waals surface area contributed by atoms with Gasteiger partial charge in [-0.3, -0.25) is 9.59 Å². The van der Waals surface area contributed by atoms with E-state index in [9.17, 15) is 9.59 Å². The Morgan fingerprint density at radius 2 is 2.00 bits per heavy atom. The van der Waals surface area contributed by atoms with Gasteiger partial charge < -0.3 is 10.1 Å². The van der Waals surface area contributed by atoms with E-state index >= 15 is 0 Å². The van der Waals surface area contributed by atoms with E-state index in [1.165, 1.54) is 11.3 Å². The Morgan fingerprint density at radius 1 is 1.33 bits per heavy atom. The van der Waals surface area contributed by atoms with Gasteiger partial charge in [-0.15, -0.1) is 11.3 Å². The van der Waals surface area contributed by atoms with Crippen molar-refractivity contribution >= 4 is 55.1 Å². The summed E-state index contributed by atoms with van der Waals surface area (Å²) in [4.78, 5) is 24.5. The van der Waals surface area contributed by atoms with Gasteiger partial charge in [0.1, 0.15) is 0 Å². The second kappa shape index (κ2) is 7.74. The van der Waals surface area contributed by atoms with Gasteiger partial charge in [-0.25, -0.2) is 0 Å². The first-order valence-corrected chi connectivity index (χ1v) is 9.33. The third-order valence-corrected chi connectivity index (χ3v) is 6.81. The predicted molar refractivity (Wildman–Crippen MR) is 89.6 cm³/mol. The van der Waals surface area contributed by atoms with Crippen LogP contribution in [0.25, 0.3) is 0 Å². The number of nitrogens with one attached hydrogen (secondary N) is 1. The van der Waals surface area contributed by atoms with Crippen LogP contribution in [-0.2, 0) is 9.53 Å². The maximum atomic E-state index is 12.2. The van der Waals surface area contributed by atoms with Crippen molar-refractivity contribution in [2.75, 3.05) is 6.61 Å². The summed E-state index contributed by atoms with van der Waals surface area (Å²) in [6, 6.07) is 1.96. The Labute approximate surface area is 144 Å². The first-order valence-electron chi connectivity index (χ1n) is 6.93. The molecule has 0 aliphatic heterocycles. The molecule has 1 aliphatic rings. The average molecular weight is 439 g/mol. The van der Waals surface area contributed by atoms with Crippen LogP contribution in [0.2, 0.25) is 0 Å². The quantitative estimate of drug-likeness (QED) is 0.719. The molecular formula is C14H17Br2NO3S. The van der Waals surface area contributed by atoms with Crippen molar-refractivity contribution in [2.24, 2.45) is 5.92 Å². The fourth-order valence-electron chi connectivity index (χ4n) is 2.45. The average Bonchev–Trinajstić information content (AvgIpc) is 2.80. The van der Waals surface area contributed by atoms with Gasteiger partial charge in [0.05, 0.1) is 21.2 Å². The Balaban J connectivity index is 1.83. The van der Waals surface area contributed by atoms with E-state index in [1.807, 2.05) is 13.0 Å². The molecule has 116 valence electrons. The normalized spacial score (nSPS) is 21.9. The van der Waals surface area contributed by atoms with Gasteiger partial charge in [-0.2, -0.15) is 0 Å². The zero-order valence-electron chi connectivity index (χ0n) is 11.7. The summed E-state index contributed by atoms with van der Waals surface area (Å²) in [5, 5.41) is 3.04. The number of ether oxygens (including phenoxy) is 1. The minimum atomic E-state index is -0.103. The van der Waals surface area contributed by atoms with Crippen molar-refractivity contribution in [3.63, 3.8) is 0 Å². The third kappa shape index (κ3) is 4.53. The molecule has 4 nitrogen and oxygen atoms in total. The summed E-state index contributed by atoms with van der Waals surface area (Å²) in [7, 11) is 0. The molecule has 0 aromatic carbocycles. The van der Waals surface area contributed by atoms with Crippen LogP contribution in [0.4, 0.5) is 0 Å². The van der Waals surface area contributed by atoms with Crippen LogP contribution >= 0.6 is 43.2 Å². The summed E-state index contributed by atoms with van der Waals surface area (Å²) in [5.74, 6) is -0.164. The van der Waals surface area contributed by atoms with Crippen LogP contribution in [0.5, 0.6) is 0 Å². The van der Waals surface area contributed by atoms with Gasteiger partial charge in [-0.05, 0) is 70.5 Å². The minimum Gasteiger partial charge on any atom is -0.466 e. The predicted octanol–water partition coefficient (Wildman–Crippen LogP) is 4.12. The highest BCUT2D eigenvalue weighted by molar-refractivity contribution is 9.13. The maximum Gasteiger partial charge on any atom is 0.308 e. The molecule has 21 heavy (non-hydrogen) atoms. The third-order valence-electron chi connectivity index (χ3n) is 3.55. The first-order chi connectivity index (χ1) is 10.0. The van der Waals surface area contributed by atoms with E-state index in [0.29, 0.717) is 11.5 Å². The van der Waals surface area contributed by atoms with Crippen molar-refractivity contribution in [2.45, 2.75) is 38.6 Å². The SMILES string of the molecule is CCOC(=O)C1CCC(NC(=O)c2cc(Br)c(Br)s2)CC1. The largest absolute Gasteiger partial charge is 0.466 e. The van der Waals surface area contributed by atoms with Gasteiger partial charge in [0, 0.05) is 10.5 Å². The van der Waals surface area contributed by atoms with Crippen LogP contribution in [-0.4, -0.2) is 24.5 Å². The van der Waals surface area contributed by atoms with Crippen LogP contribution in [0, 0.1) is 5.92 Å². The number of amides is 1. The topological polar surface area (TPSA) is 55.4 Å². The van der Waals surface area contributed by atoms with E-state index < -0.39 is 0 Å². The summed E-state index contributed by atoms with van der Waals surface area (Å²) >= 11 is 8.18. The number of rotatable bonds is 4. The molecule has 0 radical (unpaired) electrons. The molecule has 1 aliphatic carbocycles. The van der Waals surface area contributed by atoms with Gasteiger partial charge in [0.15, 0.2) is 0 Å². The molecule has 2 rings (SSSR count). The zero-order valence-corrected chi connectivity index (χ0v) is 15.6. The van der Waals surface area contributed by atoms with E-state index in [2.05, 4.69) is 37.2 Å². The van der Waals surface area contributed by atoms with Crippen LogP contribution < -0.4 is 5.32 Å². The number of thiophene rings is 1. The monoisotopic (exact) mass is 437 g/mol. The summed E-state index contributed by atoms with van der Waals surface area (Å²) in [5.41, 5.74) is 0. The molecule has 1 saturated carbocycles. The van der Waals surface area contributed by atoms with Crippen LogP contribution in [0.1, 0.15) is 42.3 Å². The van der Waals surface area contributed by atoms with Crippen molar-refractivity contribution in [1.82, 2.24) is 5.32 Å². The lowest BCUT2D eigenvalue weighted by Gasteiger charge is -2.27. The molecule has 0 atom stereocenters. The minimum absolute atomic E-state index is 0.0110. The molecule has 0 spiro atoms. The number of hydrogen-bond acceptors (Lipinski definition) is 4. The molecule has 1 fully saturated rings. The Kier molecular flexibility index (Phi) is 6.25. The fourth-order valence-corrected chi connectivity index (χ4v) is 4.39. The Hall–Kier alpha value is -0.400. The van der Waals surface area contributed by atoms with Crippen molar-refractivity contribution in [3.05, 3.63) is 19.2 Å². The molecule has 7 heteroatoms. The van der Waals surface area contributed by atoms with Gasteiger partial charge in [-0.1, -0.05) is 0 Å². The van der Waals surface area contributed by atoms with Crippen LogP contribution in [0.3, 0.4) is 0 Å². The zero-order chi connectivity index (χ0) is 15.4. The van der Waals surface area contributed by atoms with Gasteiger partial charge in [0.25, 0.3) is 5.91 Å². The second-order valence-corrected chi connectivity index (χ2v) is 8.23. The highest BCUT2D eigenvalue weighted by Gasteiger charge is 2.28. The smallest absolute Gasteiger partial charge is 0.308 e. The standard InChI is InChI=1S/C14H17Br2NO3S/c1-2-20-14(19)8-3-5-9(6-4-8)17-13(18)11-7-10(15)12(16)21-11/h7-9H,2-6H2,1H3,(H,17,18). The van der Waals surface area contributed by atoms with Gasteiger partial charge >= 0.3 is 5.97 Å². The van der Waals surface area contributed by atoms with Crippen molar-refractivity contribution in [1.29, 1.82) is 0 Å². The molecule has 1 aromatic rings. The summed E-state index contributed by atoms with van der Waals surface area (Å²) < 4.78 is 6.86. The molecule has 1 N–H and O–H groups in total. The summed E-state index contributed by atoms with van der Waals surface area (Å²) in [6.07, 6.45) is 3.20. The first kappa shape index (κ1) is 17.0. The summed E-state index contributed by atoms with van der Waals surface area (Å²) in [6.45, 7) is 2.25. The highest BCUT2D eigenvalue weighted by Crippen LogP contribution is 2.32. The van der Waals surface area contributed by atoms with E-state index in [-0.39, 0.29) is 23.8 Å². The molecule has 1 amide bonds. The van der Waals surface area contributed by atoms with E-state index in [0.717, 1.165) is 33.9 Å². The number of esters is 1. The lowest BCUT2D eigenvalue weighted by Crippen LogP contribution is -2.38. The Morgan fingerprint density at radius 3 is 2.52 bits per heavy atom. The molecule has 0 saturated heterocycles. The van der Waals surface area contributed by atoms with E-state index in [1.54, 1.807) is 0 Å². The van der Waals surface area contributed by atoms with Crippen molar-refractivity contribution in [3.8, 4) is 0 Å². The molecule has 0 unspecified atom stereocenters. The number of carbonyl (C=O) groups excluding carboxylic acids is 2. The molecule has 0 bridgehead atoms. The number of carbonyl (C=O) groups is 2. The highest BCUT2D eigenvalue weighted by atomic mass is 79.9. The maximum absolute atomic E-state index is 12.2. The number of halogens is 2. The molecular weight excluding hydrogens is 422 g/mol. The lowest BCUT2D eigenvalue weighted by molar-refractivity contribution is -0.149. The Bertz CT molecular complexity index is 505. The lowest BCUT2D eigenvalue weighted by atomic mass is 9.86. The van der Waals surface area contributed by atoms with E-state index in [4.69, 9.17) is 4.74 Å². The molecule has 1 heterocycles.